The van der Waals surface area contributed by atoms with Gasteiger partial charge in [-0.25, -0.2) is 0 Å². The molecule has 2 amide bonds. The molecule has 0 bridgehead atoms. The van der Waals surface area contributed by atoms with E-state index in [1.807, 2.05) is 6.07 Å². The number of carbonyl (C=O) groups is 2. The van der Waals surface area contributed by atoms with Gasteiger partial charge in [0.1, 0.15) is 5.75 Å². The number of carbonyl (C=O) groups excluding carboxylic acids is 2. The van der Waals surface area contributed by atoms with Crippen LogP contribution in [0, 0.1) is 0 Å². The maximum Gasteiger partial charge on any atom is 0.259 e. The maximum atomic E-state index is 12.5. The predicted octanol–water partition coefficient (Wildman–Crippen LogP) is 5.60. The Labute approximate surface area is 164 Å². The van der Waals surface area contributed by atoms with Gasteiger partial charge < -0.3 is 15.4 Å². The molecule has 0 aromatic heterocycles. The van der Waals surface area contributed by atoms with E-state index in [2.05, 4.69) is 10.6 Å². The van der Waals surface area contributed by atoms with Gasteiger partial charge in [-0.2, -0.15) is 0 Å². The molecule has 0 radical (unpaired) electrons. The van der Waals surface area contributed by atoms with E-state index in [0.29, 0.717) is 44.0 Å². The number of hydrogen-bond donors (Lipinski definition) is 2. The standard InChI is InChI=1S/C20H12Cl2N2O3/c21-12-7-11(8-13(22)9-12)19(25)23-14-5-6-17-15(10-14)20(26)24-16-3-1-2-4-18(16)27-17/h1-10H,(H,23,25)(H,24,26). The second-order valence-electron chi connectivity index (χ2n) is 5.88. The molecule has 3 aromatic carbocycles. The molecule has 0 atom stereocenters. The molecule has 2 N–H and O–H groups in total. The normalized spacial score (nSPS) is 12.1. The molecule has 1 heterocycles. The van der Waals surface area contributed by atoms with E-state index in [-0.39, 0.29) is 5.91 Å². The zero-order chi connectivity index (χ0) is 19.0. The van der Waals surface area contributed by atoms with Crippen LogP contribution in [0.4, 0.5) is 11.4 Å². The molecule has 134 valence electrons. The van der Waals surface area contributed by atoms with Gasteiger partial charge in [0.2, 0.25) is 0 Å². The third-order valence-corrected chi connectivity index (χ3v) is 4.40. The number of benzene rings is 3. The van der Waals surface area contributed by atoms with Gasteiger partial charge in [0.05, 0.1) is 11.3 Å². The molecule has 4 rings (SSSR count). The molecule has 7 heteroatoms. The Bertz CT molecular complexity index is 1060. The minimum Gasteiger partial charge on any atom is -0.454 e. The van der Waals surface area contributed by atoms with E-state index in [9.17, 15) is 9.59 Å². The Kier molecular flexibility index (Phi) is 4.48. The van der Waals surface area contributed by atoms with Crippen molar-refractivity contribution in [2.75, 3.05) is 10.6 Å². The minimum atomic E-state index is -0.391. The third kappa shape index (κ3) is 3.60. The van der Waals surface area contributed by atoms with Gasteiger partial charge in [-0.15, -0.1) is 0 Å². The first-order valence-electron chi connectivity index (χ1n) is 7.99. The Morgan fingerprint density at radius 2 is 1.67 bits per heavy atom. The van der Waals surface area contributed by atoms with Crippen molar-refractivity contribution in [1.29, 1.82) is 0 Å². The number of hydrogen-bond acceptors (Lipinski definition) is 3. The molecule has 0 fully saturated rings. The Morgan fingerprint density at radius 1 is 0.926 bits per heavy atom. The van der Waals surface area contributed by atoms with Crippen molar-refractivity contribution in [3.63, 3.8) is 0 Å². The lowest BCUT2D eigenvalue weighted by atomic mass is 10.1. The van der Waals surface area contributed by atoms with Crippen molar-refractivity contribution >= 4 is 46.4 Å². The monoisotopic (exact) mass is 398 g/mol. The summed E-state index contributed by atoms with van der Waals surface area (Å²) < 4.78 is 5.82. The lowest BCUT2D eigenvalue weighted by Crippen LogP contribution is -2.14. The van der Waals surface area contributed by atoms with Crippen LogP contribution in [0.3, 0.4) is 0 Å². The number of anilines is 2. The van der Waals surface area contributed by atoms with Crippen LogP contribution in [0.1, 0.15) is 20.7 Å². The van der Waals surface area contributed by atoms with Crippen molar-refractivity contribution < 1.29 is 14.3 Å². The highest BCUT2D eigenvalue weighted by atomic mass is 35.5. The molecule has 0 unspecified atom stereocenters. The van der Waals surface area contributed by atoms with Crippen molar-refractivity contribution in [3.05, 3.63) is 81.8 Å². The van der Waals surface area contributed by atoms with E-state index in [1.54, 1.807) is 42.5 Å². The summed E-state index contributed by atoms with van der Waals surface area (Å²) in [4.78, 5) is 25.0. The van der Waals surface area contributed by atoms with Crippen LogP contribution in [0.5, 0.6) is 11.5 Å². The van der Waals surface area contributed by atoms with Gasteiger partial charge in [0.25, 0.3) is 11.8 Å². The average molecular weight is 399 g/mol. The van der Waals surface area contributed by atoms with Crippen LogP contribution >= 0.6 is 23.2 Å². The van der Waals surface area contributed by atoms with E-state index in [1.165, 1.54) is 12.1 Å². The van der Waals surface area contributed by atoms with Crippen LogP contribution in [-0.2, 0) is 0 Å². The lowest BCUT2D eigenvalue weighted by molar-refractivity contribution is 0.101. The summed E-state index contributed by atoms with van der Waals surface area (Å²) in [6, 6.07) is 16.6. The van der Waals surface area contributed by atoms with Gasteiger partial charge in [-0.05, 0) is 48.5 Å². The molecular formula is C20H12Cl2N2O3. The molecule has 0 saturated carbocycles. The number of rotatable bonds is 2. The summed E-state index contributed by atoms with van der Waals surface area (Å²) >= 11 is 11.9. The summed E-state index contributed by atoms with van der Waals surface area (Å²) in [7, 11) is 0. The van der Waals surface area contributed by atoms with E-state index < -0.39 is 5.91 Å². The van der Waals surface area contributed by atoms with Gasteiger partial charge in [-0.3, -0.25) is 9.59 Å². The van der Waals surface area contributed by atoms with E-state index >= 15 is 0 Å². The van der Waals surface area contributed by atoms with Crippen molar-refractivity contribution in [3.8, 4) is 11.5 Å². The molecule has 27 heavy (non-hydrogen) atoms. The molecule has 5 nitrogen and oxygen atoms in total. The molecule has 0 saturated heterocycles. The quantitative estimate of drug-likeness (QED) is 0.589. The van der Waals surface area contributed by atoms with Gasteiger partial charge in [0, 0.05) is 21.3 Å². The second kappa shape index (κ2) is 6.95. The first-order chi connectivity index (χ1) is 13.0. The highest BCUT2D eigenvalue weighted by molar-refractivity contribution is 6.35. The van der Waals surface area contributed by atoms with Crippen molar-refractivity contribution in [1.82, 2.24) is 0 Å². The largest absolute Gasteiger partial charge is 0.454 e. The minimum absolute atomic E-state index is 0.313. The number of ether oxygens (including phenoxy) is 1. The first kappa shape index (κ1) is 17.4. The molecule has 3 aromatic rings. The molecule has 1 aliphatic rings. The zero-order valence-electron chi connectivity index (χ0n) is 13.8. The lowest BCUT2D eigenvalue weighted by Gasteiger charge is -2.10. The van der Waals surface area contributed by atoms with E-state index in [4.69, 9.17) is 27.9 Å². The predicted molar refractivity (Wildman–Crippen MR) is 105 cm³/mol. The summed E-state index contributed by atoms with van der Waals surface area (Å²) in [5.41, 5.74) is 1.65. The maximum absolute atomic E-state index is 12.5. The number of fused-ring (bicyclic) bond motifs is 2. The fourth-order valence-electron chi connectivity index (χ4n) is 2.73. The number of nitrogens with one attached hydrogen (secondary N) is 2. The highest BCUT2D eigenvalue weighted by Crippen LogP contribution is 2.36. The SMILES string of the molecule is O=C(Nc1ccc2c(c1)C(=O)Nc1ccccc1O2)c1cc(Cl)cc(Cl)c1. The second-order valence-corrected chi connectivity index (χ2v) is 6.75. The molecule has 1 aliphatic heterocycles. The summed E-state index contributed by atoms with van der Waals surface area (Å²) in [5, 5.41) is 6.25. The Balaban J connectivity index is 1.63. The smallest absolute Gasteiger partial charge is 0.259 e. The topological polar surface area (TPSA) is 67.4 Å². The third-order valence-electron chi connectivity index (χ3n) is 3.96. The van der Waals surface area contributed by atoms with Crippen molar-refractivity contribution in [2.24, 2.45) is 0 Å². The summed E-state index contributed by atoms with van der Waals surface area (Å²) in [5.74, 6) is 0.241. The molecular weight excluding hydrogens is 387 g/mol. The van der Waals surface area contributed by atoms with Crippen LogP contribution in [0.25, 0.3) is 0 Å². The zero-order valence-corrected chi connectivity index (χ0v) is 15.3. The number of halogens is 2. The van der Waals surface area contributed by atoms with Crippen LogP contribution in [0.15, 0.2) is 60.7 Å². The highest BCUT2D eigenvalue weighted by Gasteiger charge is 2.21. The number of amides is 2. The Hall–Kier alpha value is -3.02. The van der Waals surface area contributed by atoms with Crippen LogP contribution in [-0.4, -0.2) is 11.8 Å². The number of para-hydroxylation sites is 2. The fraction of sp³-hybridized carbons (Fsp3) is 0. The first-order valence-corrected chi connectivity index (χ1v) is 8.75. The molecule has 0 aliphatic carbocycles. The van der Waals surface area contributed by atoms with E-state index in [0.717, 1.165) is 0 Å². The van der Waals surface area contributed by atoms with Crippen LogP contribution in [0.2, 0.25) is 10.0 Å². The molecule has 0 spiro atoms. The van der Waals surface area contributed by atoms with Gasteiger partial charge in [0.15, 0.2) is 5.75 Å². The van der Waals surface area contributed by atoms with Crippen LogP contribution < -0.4 is 15.4 Å². The van der Waals surface area contributed by atoms with Gasteiger partial charge >= 0.3 is 0 Å². The average Bonchev–Trinajstić information content (AvgIpc) is 2.77. The van der Waals surface area contributed by atoms with Gasteiger partial charge in [-0.1, -0.05) is 35.3 Å². The Morgan fingerprint density at radius 3 is 2.44 bits per heavy atom. The van der Waals surface area contributed by atoms with Crippen molar-refractivity contribution in [2.45, 2.75) is 0 Å². The summed E-state index contributed by atoms with van der Waals surface area (Å²) in [6.07, 6.45) is 0. The fourth-order valence-corrected chi connectivity index (χ4v) is 3.26. The summed E-state index contributed by atoms with van der Waals surface area (Å²) in [6.45, 7) is 0.